The van der Waals surface area contributed by atoms with Crippen molar-refractivity contribution in [2.45, 2.75) is 32.7 Å². The van der Waals surface area contributed by atoms with Crippen LogP contribution in [-0.2, 0) is 13.0 Å². The van der Waals surface area contributed by atoms with Gasteiger partial charge in [0.2, 0.25) is 0 Å². The maximum absolute atomic E-state index is 2.64. The molecule has 3 aromatic carbocycles. The lowest BCUT2D eigenvalue weighted by atomic mass is 9.82. The zero-order chi connectivity index (χ0) is 17.9. The molecule has 0 saturated carbocycles. The zero-order valence-corrected chi connectivity index (χ0v) is 15.8. The highest BCUT2D eigenvalue weighted by atomic mass is 15.1. The van der Waals surface area contributed by atoms with Crippen LogP contribution in [-0.4, -0.2) is 18.0 Å². The Morgan fingerprint density at radius 2 is 1.54 bits per heavy atom. The number of nitrogens with zero attached hydrogens (tertiary/aromatic N) is 1. The van der Waals surface area contributed by atoms with Gasteiger partial charge in [-0.3, -0.25) is 4.90 Å². The van der Waals surface area contributed by atoms with Gasteiger partial charge < -0.3 is 0 Å². The third kappa shape index (κ3) is 3.45. The summed E-state index contributed by atoms with van der Waals surface area (Å²) in [6.07, 6.45) is 1.11. The van der Waals surface area contributed by atoms with E-state index in [-0.39, 0.29) is 0 Å². The molecule has 0 radical (unpaired) electrons. The van der Waals surface area contributed by atoms with E-state index in [1.165, 1.54) is 33.4 Å². The van der Waals surface area contributed by atoms with Gasteiger partial charge in [0.05, 0.1) is 0 Å². The Labute approximate surface area is 157 Å². The van der Waals surface area contributed by atoms with Crippen molar-refractivity contribution in [3.63, 3.8) is 0 Å². The predicted molar refractivity (Wildman–Crippen MR) is 110 cm³/mol. The van der Waals surface area contributed by atoms with Gasteiger partial charge in [-0.1, -0.05) is 72.8 Å². The molecule has 4 rings (SSSR count). The Balaban J connectivity index is 1.64. The summed E-state index contributed by atoms with van der Waals surface area (Å²) < 4.78 is 0. The second kappa shape index (κ2) is 7.47. The molecule has 132 valence electrons. The average Bonchev–Trinajstić information content (AvgIpc) is 2.70. The van der Waals surface area contributed by atoms with Crippen LogP contribution in [0.25, 0.3) is 0 Å². The van der Waals surface area contributed by atoms with Crippen LogP contribution in [0.3, 0.4) is 0 Å². The van der Waals surface area contributed by atoms with E-state index in [0.717, 1.165) is 26.1 Å². The van der Waals surface area contributed by atoms with Gasteiger partial charge in [0.15, 0.2) is 0 Å². The van der Waals surface area contributed by atoms with Crippen molar-refractivity contribution in [1.29, 1.82) is 0 Å². The van der Waals surface area contributed by atoms with Crippen LogP contribution in [0.1, 0.15) is 39.3 Å². The average molecular weight is 341 g/mol. The molecule has 0 N–H and O–H groups in total. The van der Waals surface area contributed by atoms with Gasteiger partial charge in [0.25, 0.3) is 0 Å². The Kier molecular flexibility index (Phi) is 4.90. The summed E-state index contributed by atoms with van der Waals surface area (Å²) in [5.41, 5.74) is 8.79. The van der Waals surface area contributed by atoms with E-state index < -0.39 is 0 Å². The smallest absolute Gasteiger partial charge is 0.0239 e. The molecule has 1 atom stereocenters. The van der Waals surface area contributed by atoms with Crippen LogP contribution >= 0.6 is 0 Å². The molecule has 0 aromatic heterocycles. The number of hydrogen-bond acceptors (Lipinski definition) is 1. The Hall–Kier alpha value is -2.38. The summed E-state index contributed by atoms with van der Waals surface area (Å²) in [4.78, 5) is 2.64. The van der Waals surface area contributed by atoms with Gasteiger partial charge >= 0.3 is 0 Å². The van der Waals surface area contributed by atoms with Gasteiger partial charge in [-0.05, 0) is 53.6 Å². The summed E-state index contributed by atoms with van der Waals surface area (Å²) in [6.45, 7) is 7.80. The van der Waals surface area contributed by atoms with Crippen LogP contribution in [0.2, 0.25) is 0 Å². The molecule has 0 aliphatic carbocycles. The fourth-order valence-corrected chi connectivity index (χ4v) is 4.15. The van der Waals surface area contributed by atoms with E-state index >= 15 is 0 Å². The predicted octanol–water partition coefficient (Wildman–Crippen LogP) is 5.49. The van der Waals surface area contributed by atoms with Crippen LogP contribution in [0.15, 0.2) is 72.8 Å². The van der Waals surface area contributed by atoms with Crippen molar-refractivity contribution < 1.29 is 0 Å². The minimum Gasteiger partial charge on any atom is -0.298 e. The van der Waals surface area contributed by atoms with Gasteiger partial charge in [0, 0.05) is 25.6 Å². The molecule has 0 amide bonds. The highest BCUT2D eigenvalue weighted by Crippen LogP contribution is 2.36. The van der Waals surface area contributed by atoms with Crippen molar-refractivity contribution in [2.75, 3.05) is 13.1 Å². The lowest BCUT2D eigenvalue weighted by molar-refractivity contribution is 0.243. The number of rotatable bonds is 4. The minimum absolute atomic E-state index is 0.468. The lowest BCUT2D eigenvalue weighted by Crippen LogP contribution is -2.36. The van der Waals surface area contributed by atoms with E-state index in [9.17, 15) is 0 Å². The van der Waals surface area contributed by atoms with Crippen molar-refractivity contribution >= 4 is 0 Å². The molecule has 0 fully saturated rings. The van der Waals surface area contributed by atoms with Crippen molar-refractivity contribution in [3.05, 3.63) is 106 Å². The number of hydrogen-bond donors (Lipinski definition) is 0. The van der Waals surface area contributed by atoms with Gasteiger partial charge in [-0.15, -0.1) is 0 Å². The molecule has 1 aliphatic heterocycles. The summed E-state index contributed by atoms with van der Waals surface area (Å²) >= 11 is 0. The minimum atomic E-state index is 0.468. The molecular formula is C25H27N. The number of fused-ring (bicyclic) bond motifs is 1. The van der Waals surface area contributed by atoms with Crippen LogP contribution in [0.5, 0.6) is 0 Å². The third-order valence-electron chi connectivity index (χ3n) is 5.86. The second-order valence-electron chi connectivity index (χ2n) is 7.51. The maximum atomic E-state index is 2.64. The zero-order valence-electron chi connectivity index (χ0n) is 15.8. The fraction of sp³-hybridized carbons (Fsp3) is 0.280. The van der Waals surface area contributed by atoms with E-state index in [4.69, 9.17) is 0 Å². The molecule has 1 heterocycles. The van der Waals surface area contributed by atoms with Gasteiger partial charge in [-0.25, -0.2) is 0 Å². The summed E-state index contributed by atoms with van der Waals surface area (Å²) in [5.74, 6) is 0.468. The first-order chi connectivity index (χ1) is 12.7. The van der Waals surface area contributed by atoms with Gasteiger partial charge in [-0.2, -0.15) is 0 Å². The Morgan fingerprint density at radius 3 is 2.27 bits per heavy atom. The third-order valence-corrected chi connectivity index (χ3v) is 5.86. The first-order valence-electron chi connectivity index (χ1n) is 9.62. The molecule has 1 heteroatoms. The SMILES string of the molecule is Cc1ccc2c(c1C)CN(CCc1ccccc1)CC2c1ccccc1. The van der Waals surface area contributed by atoms with E-state index in [1.54, 1.807) is 0 Å². The lowest BCUT2D eigenvalue weighted by Gasteiger charge is -2.36. The summed E-state index contributed by atoms with van der Waals surface area (Å²) in [5, 5.41) is 0. The van der Waals surface area contributed by atoms with Crippen LogP contribution in [0.4, 0.5) is 0 Å². The first kappa shape index (κ1) is 17.1. The maximum Gasteiger partial charge on any atom is 0.0239 e. The number of aryl methyl sites for hydroxylation is 1. The largest absolute Gasteiger partial charge is 0.298 e. The van der Waals surface area contributed by atoms with Gasteiger partial charge in [0.1, 0.15) is 0 Å². The second-order valence-corrected chi connectivity index (χ2v) is 7.51. The fourth-order valence-electron chi connectivity index (χ4n) is 4.15. The molecule has 1 aliphatic rings. The molecule has 0 spiro atoms. The molecular weight excluding hydrogens is 314 g/mol. The number of benzene rings is 3. The Bertz CT molecular complexity index is 867. The standard InChI is InChI=1S/C25H27N/c1-19-13-14-23-24(20(19)2)17-26(16-15-21-9-5-3-6-10-21)18-25(23)22-11-7-4-8-12-22/h3-14,25H,15-18H2,1-2H3. The molecule has 1 unspecified atom stereocenters. The highest BCUT2D eigenvalue weighted by Gasteiger charge is 2.27. The topological polar surface area (TPSA) is 3.24 Å². The van der Waals surface area contributed by atoms with E-state index in [2.05, 4.69) is 91.5 Å². The highest BCUT2D eigenvalue weighted by molar-refractivity contribution is 5.46. The first-order valence-corrected chi connectivity index (χ1v) is 9.62. The molecule has 3 aromatic rings. The monoisotopic (exact) mass is 341 g/mol. The van der Waals surface area contributed by atoms with E-state index in [1.807, 2.05) is 0 Å². The molecule has 0 bridgehead atoms. The molecule has 26 heavy (non-hydrogen) atoms. The van der Waals surface area contributed by atoms with Crippen molar-refractivity contribution in [2.24, 2.45) is 0 Å². The van der Waals surface area contributed by atoms with Crippen LogP contribution < -0.4 is 0 Å². The summed E-state index contributed by atoms with van der Waals surface area (Å²) in [7, 11) is 0. The Morgan fingerprint density at radius 1 is 0.846 bits per heavy atom. The van der Waals surface area contributed by atoms with E-state index in [0.29, 0.717) is 5.92 Å². The van der Waals surface area contributed by atoms with Crippen LogP contribution in [0, 0.1) is 13.8 Å². The normalized spacial score (nSPS) is 17.1. The quantitative estimate of drug-likeness (QED) is 0.606. The van der Waals surface area contributed by atoms with Crippen molar-refractivity contribution in [1.82, 2.24) is 4.90 Å². The summed E-state index contributed by atoms with van der Waals surface area (Å²) in [6, 6.07) is 26.5. The van der Waals surface area contributed by atoms with Crippen molar-refractivity contribution in [3.8, 4) is 0 Å². The molecule has 1 nitrogen and oxygen atoms in total. The molecule has 0 saturated heterocycles.